The van der Waals surface area contributed by atoms with Gasteiger partial charge in [-0.25, -0.2) is 4.98 Å². The fraction of sp³-hybridized carbons (Fsp3) is 0.231. The Balaban J connectivity index is 1.70. The van der Waals surface area contributed by atoms with Gasteiger partial charge in [-0.15, -0.1) is 0 Å². The molecule has 172 valence electrons. The number of esters is 1. The maximum Gasteiger partial charge on any atom is 0.316 e. The zero-order valence-corrected chi connectivity index (χ0v) is 19.0. The summed E-state index contributed by atoms with van der Waals surface area (Å²) in [5, 5.41) is 0. The number of carbonyl (C=O) groups excluding carboxylic acids is 3. The number of hydrogen-bond acceptors (Lipinski definition) is 7. The average molecular weight is 457 g/mol. The van der Waals surface area contributed by atoms with Crippen molar-refractivity contribution in [3.05, 3.63) is 84.2 Å². The first-order valence-corrected chi connectivity index (χ1v) is 11.0. The molecule has 4 heterocycles. The molecule has 1 atom stereocenters. The average Bonchev–Trinajstić information content (AvgIpc) is 3.24. The van der Waals surface area contributed by atoms with Gasteiger partial charge in [0, 0.05) is 36.8 Å². The lowest BCUT2D eigenvalue weighted by molar-refractivity contribution is -0.146. The van der Waals surface area contributed by atoms with Gasteiger partial charge in [-0.3, -0.25) is 28.8 Å². The molecule has 0 N–H and O–H groups in total. The van der Waals surface area contributed by atoms with Gasteiger partial charge in [0.1, 0.15) is 23.0 Å². The molecule has 4 aromatic rings. The summed E-state index contributed by atoms with van der Waals surface area (Å²) in [6.45, 7) is 3.60. The smallest absolute Gasteiger partial charge is 0.316 e. The topological polar surface area (TPSA) is 104 Å². The lowest BCUT2D eigenvalue weighted by Crippen LogP contribution is -2.28. The first-order chi connectivity index (χ1) is 16.5. The number of ether oxygens (including phenoxy) is 1. The molecule has 0 spiro atoms. The van der Waals surface area contributed by atoms with E-state index in [2.05, 4.69) is 15.0 Å². The highest BCUT2D eigenvalue weighted by atomic mass is 16.5. The maximum atomic E-state index is 13.7. The minimum atomic E-state index is -1.17. The predicted molar refractivity (Wildman–Crippen MR) is 125 cm³/mol. The first-order valence-electron chi connectivity index (χ1n) is 11.0. The Morgan fingerprint density at radius 3 is 2.53 bits per heavy atom. The Morgan fingerprint density at radius 2 is 1.79 bits per heavy atom. The van der Waals surface area contributed by atoms with Gasteiger partial charge in [0.25, 0.3) is 0 Å². The molecular formula is C26H24N4O4. The molecule has 4 rings (SSSR count). The van der Waals surface area contributed by atoms with Gasteiger partial charge in [-0.05, 0) is 56.2 Å². The third kappa shape index (κ3) is 4.61. The van der Waals surface area contributed by atoms with Crippen molar-refractivity contribution in [2.24, 2.45) is 5.92 Å². The number of imidazole rings is 1. The number of ketones is 2. The zero-order chi connectivity index (χ0) is 24.1. The molecule has 1 unspecified atom stereocenters. The van der Waals surface area contributed by atoms with Gasteiger partial charge < -0.3 is 4.74 Å². The molecule has 0 radical (unpaired) electrons. The SMILES string of the molecule is CCOC(=O)C(CCC(=O)c1ncccc1C)C(=O)c1nc2ccccn2c1-c1ccncc1. The van der Waals surface area contributed by atoms with Crippen LogP contribution in [0.5, 0.6) is 0 Å². The van der Waals surface area contributed by atoms with Gasteiger partial charge in [-0.2, -0.15) is 0 Å². The van der Waals surface area contributed by atoms with Gasteiger partial charge in [-0.1, -0.05) is 12.1 Å². The summed E-state index contributed by atoms with van der Waals surface area (Å²) in [6.07, 6.45) is 6.58. The Labute approximate surface area is 196 Å². The van der Waals surface area contributed by atoms with Crippen LogP contribution >= 0.6 is 0 Å². The number of nitrogens with zero attached hydrogens (tertiary/aromatic N) is 4. The molecule has 8 nitrogen and oxygen atoms in total. The van der Waals surface area contributed by atoms with Gasteiger partial charge in [0.15, 0.2) is 11.6 Å². The van der Waals surface area contributed by atoms with Crippen LogP contribution in [-0.4, -0.2) is 43.5 Å². The summed E-state index contributed by atoms with van der Waals surface area (Å²) in [5.74, 6) is -2.56. The minimum absolute atomic E-state index is 0.00380. The Kier molecular flexibility index (Phi) is 6.87. The molecule has 4 aromatic heterocycles. The van der Waals surface area contributed by atoms with Crippen LogP contribution in [0, 0.1) is 12.8 Å². The summed E-state index contributed by atoms with van der Waals surface area (Å²) in [7, 11) is 0. The first kappa shape index (κ1) is 23.0. The quantitative estimate of drug-likeness (QED) is 0.212. The molecule has 0 aliphatic heterocycles. The standard InChI is InChI=1S/C26H24N4O4/c1-3-34-26(33)19(9-10-20(31)22-17(2)7-6-13-28-22)25(32)23-24(18-11-14-27-15-12-18)30-16-5-4-8-21(30)29-23/h4-8,11-16,19H,3,9-10H2,1-2H3. The van der Waals surface area contributed by atoms with Crippen LogP contribution in [0.25, 0.3) is 16.9 Å². The number of fused-ring (bicyclic) bond motifs is 1. The minimum Gasteiger partial charge on any atom is -0.465 e. The molecule has 0 bridgehead atoms. The molecule has 34 heavy (non-hydrogen) atoms. The summed E-state index contributed by atoms with van der Waals surface area (Å²) in [5.41, 5.74) is 3.09. The number of rotatable bonds is 9. The number of Topliss-reactive ketones (excluding diaryl/α,β-unsaturated/α-hetero) is 2. The van der Waals surface area contributed by atoms with E-state index in [1.165, 1.54) is 0 Å². The number of pyridine rings is 3. The maximum absolute atomic E-state index is 13.7. The van der Waals surface area contributed by atoms with E-state index >= 15 is 0 Å². The van der Waals surface area contributed by atoms with Gasteiger partial charge in [0.2, 0.25) is 0 Å². The molecule has 0 aromatic carbocycles. The van der Waals surface area contributed by atoms with Crippen LogP contribution in [-0.2, 0) is 9.53 Å². The normalized spacial score (nSPS) is 11.8. The van der Waals surface area contributed by atoms with Crippen molar-refractivity contribution in [2.45, 2.75) is 26.7 Å². The van der Waals surface area contributed by atoms with E-state index in [1.54, 1.807) is 67.2 Å². The lowest BCUT2D eigenvalue weighted by atomic mass is 9.92. The van der Waals surface area contributed by atoms with E-state index in [0.717, 1.165) is 11.1 Å². The van der Waals surface area contributed by atoms with Crippen LogP contribution in [0.4, 0.5) is 0 Å². The van der Waals surface area contributed by atoms with Gasteiger partial charge in [0.05, 0.1) is 12.3 Å². The predicted octanol–water partition coefficient (Wildman–Crippen LogP) is 4.12. The third-order valence-electron chi connectivity index (χ3n) is 5.54. The molecule has 0 fully saturated rings. The van der Waals surface area contributed by atoms with Crippen LogP contribution in [0.15, 0.2) is 67.3 Å². The second-order valence-electron chi connectivity index (χ2n) is 7.77. The zero-order valence-electron chi connectivity index (χ0n) is 19.0. The monoisotopic (exact) mass is 456 g/mol. The highest BCUT2D eigenvalue weighted by Crippen LogP contribution is 2.28. The van der Waals surface area contributed by atoms with E-state index < -0.39 is 17.7 Å². The van der Waals surface area contributed by atoms with E-state index in [-0.39, 0.29) is 30.9 Å². The molecule has 0 amide bonds. The second kappa shape index (κ2) is 10.2. The van der Waals surface area contributed by atoms with Crippen molar-refractivity contribution >= 4 is 23.2 Å². The highest BCUT2D eigenvalue weighted by molar-refractivity contribution is 6.11. The molecule has 0 saturated heterocycles. The molecular weight excluding hydrogens is 432 g/mol. The van der Waals surface area contributed by atoms with Crippen molar-refractivity contribution in [1.29, 1.82) is 0 Å². The van der Waals surface area contributed by atoms with E-state index in [4.69, 9.17) is 4.74 Å². The van der Waals surface area contributed by atoms with Crippen molar-refractivity contribution in [3.8, 4) is 11.3 Å². The summed E-state index contributed by atoms with van der Waals surface area (Å²) in [4.78, 5) is 52.1. The van der Waals surface area contributed by atoms with E-state index in [9.17, 15) is 14.4 Å². The molecule has 0 aliphatic carbocycles. The van der Waals surface area contributed by atoms with Gasteiger partial charge >= 0.3 is 5.97 Å². The van der Waals surface area contributed by atoms with Crippen molar-refractivity contribution in [3.63, 3.8) is 0 Å². The molecule has 0 saturated carbocycles. The second-order valence-corrected chi connectivity index (χ2v) is 7.77. The largest absolute Gasteiger partial charge is 0.465 e. The summed E-state index contributed by atoms with van der Waals surface area (Å²) in [6, 6.07) is 12.6. The van der Waals surface area contributed by atoms with Crippen LogP contribution in [0.1, 0.15) is 46.3 Å². The molecule has 8 heteroatoms. The third-order valence-corrected chi connectivity index (χ3v) is 5.54. The summed E-state index contributed by atoms with van der Waals surface area (Å²) < 4.78 is 7.00. The van der Waals surface area contributed by atoms with Crippen molar-refractivity contribution in [1.82, 2.24) is 19.4 Å². The fourth-order valence-electron chi connectivity index (χ4n) is 3.89. The van der Waals surface area contributed by atoms with Crippen molar-refractivity contribution < 1.29 is 19.1 Å². The summed E-state index contributed by atoms with van der Waals surface area (Å²) >= 11 is 0. The van der Waals surface area contributed by atoms with Crippen molar-refractivity contribution in [2.75, 3.05) is 6.61 Å². The Bertz CT molecular complexity index is 1350. The van der Waals surface area contributed by atoms with Crippen LogP contribution < -0.4 is 0 Å². The Morgan fingerprint density at radius 1 is 1.00 bits per heavy atom. The van der Waals surface area contributed by atoms with Crippen LogP contribution in [0.2, 0.25) is 0 Å². The fourth-order valence-corrected chi connectivity index (χ4v) is 3.89. The molecule has 0 aliphatic rings. The van der Waals surface area contributed by atoms with Crippen LogP contribution in [0.3, 0.4) is 0 Å². The number of aromatic nitrogens is 4. The van der Waals surface area contributed by atoms with E-state index in [1.807, 2.05) is 18.3 Å². The highest BCUT2D eigenvalue weighted by Gasteiger charge is 2.34. The van der Waals surface area contributed by atoms with E-state index in [0.29, 0.717) is 17.0 Å². The Hall–Kier alpha value is -4.20. The number of aryl methyl sites for hydroxylation is 1. The number of hydrogen-bond donors (Lipinski definition) is 0. The number of carbonyl (C=O) groups is 3. The lowest BCUT2D eigenvalue weighted by Gasteiger charge is -2.14.